The van der Waals surface area contributed by atoms with Crippen LogP contribution in [0, 0.1) is 12.8 Å². The van der Waals surface area contributed by atoms with Gasteiger partial charge in [0.15, 0.2) is 0 Å². The summed E-state index contributed by atoms with van der Waals surface area (Å²) in [7, 11) is 2.05. The van der Waals surface area contributed by atoms with Crippen molar-refractivity contribution < 1.29 is 0 Å². The van der Waals surface area contributed by atoms with Crippen molar-refractivity contribution in [1.29, 1.82) is 0 Å². The van der Waals surface area contributed by atoms with Gasteiger partial charge in [-0.3, -0.25) is 0 Å². The highest BCUT2D eigenvalue weighted by molar-refractivity contribution is 5.76. The Morgan fingerprint density at radius 3 is 2.71 bits per heavy atom. The van der Waals surface area contributed by atoms with Crippen LogP contribution in [0.5, 0.6) is 0 Å². The van der Waals surface area contributed by atoms with Gasteiger partial charge in [-0.25, -0.2) is 4.98 Å². The van der Waals surface area contributed by atoms with E-state index in [1.807, 2.05) is 14.0 Å². The third-order valence-electron chi connectivity index (χ3n) is 3.50. The van der Waals surface area contributed by atoms with E-state index in [0.717, 1.165) is 17.8 Å². The zero-order valence-corrected chi connectivity index (χ0v) is 11.1. The van der Waals surface area contributed by atoms with Gasteiger partial charge in [0.1, 0.15) is 5.82 Å². The maximum absolute atomic E-state index is 6.10. The molecule has 0 saturated carbocycles. The first-order valence-electron chi connectivity index (χ1n) is 6.16. The topological polar surface area (TPSA) is 43.8 Å². The molecule has 2 rings (SSSR count). The average Bonchev–Trinajstić information content (AvgIpc) is 2.54. The quantitative estimate of drug-likeness (QED) is 0.881. The molecule has 0 aliphatic carbocycles. The molecule has 92 valence electrons. The van der Waals surface area contributed by atoms with Crippen molar-refractivity contribution in [2.75, 3.05) is 0 Å². The molecule has 3 nitrogen and oxygen atoms in total. The third-order valence-corrected chi connectivity index (χ3v) is 3.50. The second kappa shape index (κ2) is 4.49. The van der Waals surface area contributed by atoms with Crippen LogP contribution < -0.4 is 5.73 Å². The van der Waals surface area contributed by atoms with E-state index in [2.05, 4.69) is 41.6 Å². The Kier molecular flexibility index (Phi) is 3.20. The molecule has 1 aromatic heterocycles. The van der Waals surface area contributed by atoms with Crippen LogP contribution in [-0.2, 0) is 13.5 Å². The molecule has 0 spiro atoms. The molecule has 1 heterocycles. The van der Waals surface area contributed by atoms with E-state index in [9.17, 15) is 0 Å². The first kappa shape index (κ1) is 12.1. The van der Waals surface area contributed by atoms with Gasteiger partial charge >= 0.3 is 0 Å². The molecular weight excluding hydrogens is 210 g/mol. The summed E-state index contributed by atoms with van der Waals surface area (Å²) >= 11 is 0. The van der Waals surface area contributed by atoms with Crippen molar-refractivity contribution >= 4 is 11.0 Å². The lowest BCUT2D eigenvalue weighted by Gasteiger charge is -2.15. The van der Waals surface area contributed by atoms with E-state index in [0.29, 0.717) is 5.92 Å². The van der Waals surface area contributed by atoms with Gasteiger partial charge in [-0.2, -0.15) is 0 Å². The lowest BCUT2D eigenvalue weighted by atomic mass is 9.97. The number of hydrogen-bond acceptors (Lipinski definition) is 2. The highest BCUT2D eigenvalue weighted by Gasteiger charge is 2.10. The lowest BCUT2D eigenvalue weighted by molar-refractivity contribution is 0.491. The van der Waals surface area contributed by atoms with Crippen molar-refractivity contribution in [2.24, 2.45) is 18.7 Å². The number of hydrogen-bond donors (Lipinski definition) is 1. The van der Waals surface area contributed by atoms with E-state index in [1.165, 1.54) is 11.1 Å². The minimum absolute atomic E-state index is 0.220. The van der Waals surface area contributed by atoms with E-state index in [4.69, 9.17) is 5.73 Å². The van der Waals surface area contributed by atoms with Gasteiger partial charge in [-0.15, -0.1) is 0 Å². The molecule has 17 heavy (non-hydrogen) atoms. The zero-order valence-electron chi connectivity index (χ0n) is 11.1. The molecule has 0 saturated heterocycles. The fraction of sp³-hybridized carbons (Fsp3) is 0.500. The van der Waals surface area contributed by atoms with Crippen molar-refractivity contribution in [2.45, 2.75) is 33.2 Å². The van der Waals surface area contributed by atoms with Crippen LogP contribution in [0.25, 0.3) is 11.0 Å². The van der Waals surface area contributed by atoms with Crippen molar-refractivity contribution in [3.8, 4) is 0 Å². The average molecular weight is 231 g/mol. The largest absolute Gasteiger partial charge is 0.331 e. The fourth-order valence-electron chi connectivity index (χ4n) is 2.00. The lowest BCUT2D eigenvalue weighted by Crippen LogP contribution is -2.28. The molecule has 0 radical (unpaired) electrons. The van der Waals surface area contributed by atoms with Gasteiger partial charge in [-0.05, 0) is 37.0 Å². The van der Waals surface area contributed by atoms with Crippen LogP contribution in [0.4, 0.5) is 0 Å². The van der Waals surface area contributed by atoms with Crippen LogP contribution >= 0.6 is 0 Å². The Labute approximate surface area is 103 Å². The Hall–Kier alpha value is -1.35. The molecule has 1 aromatic carbocycles. The number of nitrogens with two attached hydrogens (primary N) is 1. The number of imidazole rings is 1. The highest BCUT2D eigenvalue weighted by atomic mass is 15.0. The molecule has 1 atom stereocenters. The molecular formula is C14H21N3. The number of aromatic nitrogens is 2. The van der Waals surface area contributed by atoms with Crippen LogP contribution in [-0.4, -0.2) is 15.6 Å². The number of fused-ring (bicyclic) bond motifs is 1. The van der Waals surface area contributed by atoms with E-state index in [-0.39, 0.29) is 6.04 Å². The second-order valence-corrected chi connectivity index (χ2v) is 5.15. The van der Waals surface area contributed by atoms with E-state index < -0.39 is 0 Å². The van der Waals surface area contributed by atoms with Crippen molar-refractivity contribution in [3.05, 3.63) is 29.6 Å². The molecule has 3 heteroatoms. The SMILES string of the molecule is Cc1nc2cc(CC(N)C(C)C)ccc2n1C. The van der Waals surface area contributed by atoms with Crippen LogP contribution in [0.3, 0.4) is 0 Å². The molecule has 2 N–H and O–H groups in total. The highest BCUT2D eigenvalue weighted by Crippen LogP contribution is 2.18. The maximum atomic E-state index is 6.10. The van der Waals surface area contributed by atoms with Gasteiger partial charge in [0.05, 0.1) is 11.0 Å². The molecule has 0 bridgehead atoms. The van der Waals surface area contributed by atoms with Crippen LogP contribution in [0.15, 0.2) is 18.2 Å². The summed E-state index contributed by atoms with van der Waals surface area (Å²) in [5, 5.41) is 0. The summed E-state index contributed by atoms with van der Waals surface area (Å²) < 4.78 is 2.11. The smallest absolute Gasteiger partial charge is 0.106 e. The van der Waals surface area contributed by atoms with E-state index >= 15 is 0 Å². The molecule has 0 aliphatic heterocycles. The summed E-state index contributed by atoms with van der Waals surface area (Å²) in [5.74, 6) is 1.56. The molecule has 1 unspecified atom stereocenters. The Balaban J connectivity index is 2.32. The van der Waals surface area contributed by atoms with Gasteiger partial charge in [-0.1, -0.05) is 19.9 Å². The number of benzene rings is 1. The second-order valence-electron chi connectivity index (χ2n) is 5.15. The minimum atomic E-state index is 0.220. The van der Waals surface area contributed by atoms with Crippen LogP contribution in [0.1, 0.15) is 25.2 Å². The number of nitrogens with zero attached hydrogens (tertiary/aromatic N) is 2. The zero-order chi connectivity index (χ0) is 12.6. The monoisotopic (exact) mass is 231 g/mol. The number of rotatable bonds is 3. The normalized spacial score (nSPS) is 13.5. The Bertz CT molecular complexity index is 525. The predicted molar refractivity (Wildman–Crippen MR) is 72.0 cm³/mol. The molecule has 0 fully saturated rings. The first-order valence-corrected chi connectivity index (χ1v) is 6.16. The first-order chi connectivity index (χ1) is 7.99. The van der Waals surface area contributed by atoms with Gasteiger partial charge in [0.25, 0.3) is 0 Å². The molecule has 0 amide bonds. The maximum Gasteiger partial charge on any atom is 0.106 e. The predicted octanol–water partition coefficient (Wildman–Crippen LogP) is 2.41. The van der Waals surface area contributed by atoms with Crippen molar-refractivity contribution in [1.82, 2.24) is 9.55 Å². The minimum Gasteiger partial charge on any atom is -0.331 e. The summed E-state index contributed by atoms with van der Waals surface area (Å²) in [6, 6.07) is 6.67. The summed E-state index contributed by atoms with van der Waals surface area (Å²) in [6.07, 6.45) is 0.920. The van der Waals surface area contributed by atoms with Crippen molar-refractivity contribution in [3.63, 3.8) is 0 Å². The van der Waals surface area contributed by atoms with Gasteiger partial charge < -0.3 is 10.3 Å². The fourth-order valence-corrected chi connectivity index (χ4v) is 2.00. The summed E-state index contributed by atoms with van der Waals surface area (Å²) in [4.78, 5) is 4.55. The van der Waals surface area contributed by atoms with Gasteiger partial charge in [0.2, 0.25) is 0 Å². The van der Waals surface area contributed by atoms with Gasteiger partial charge in [0, 0.05) is 13.1 Å². The Morgan fingerprint density at radius 1 is 1.35 bits per heavy atom. The van der Waals surface area contributed by atoms with Crippen LogP contribution in [0.2, 0.25) is 0 Å². The summed E-state index contributed by atoms with van der Waals surface area (Å²) in [5.41, 5.74) is 9.63. The Morgan fingerprint density at radius 2 is 2.06 bits per heavy atom. The molecule has 0 aliphatic rings. The van der Waals surface area contributed by atoms with E-state index in [1.54, 1.807) is 0 Å². The standard InChI is InChI=1S/C14H21N3/c1-9(2)12(15)7-11-5-6-14-13(8-11)16-10(3)17(14)4/h5-6,8-9,12H,7,15H2,1-4H3. The number of aryl methyl sites for hydroxylation is 2. The molecule has 2 aromatic rings. The summed E-state index contributed by atoms with van der Waals surface area (Å²) in [6.45, 7) is 6.35. The third kappa shape index (κ3) is 2.34.